The highest BCUT2D eigenvalue weighted by atomic mass is 19.1. The Morgan fingerprint density at radius 2 is 1.88 bits per heavy atom. The molecule has 0 saturated carbocycles. The number of nitrogens with zero attached hydrogens (tertiary/aromatic N) is 2. The van der Waals surface area contributed by atoms with Crippen LogP contribution < -0.4 is 5.69 Å². The molecular weight excluding hydrogens is 327 g/mol. The smallest absolute Gasteiger partial charge is 0.294 e. The number of halogens is 1. The van der Waals surface area contributed by atoms with Crippen molar-refractivity contribution in [3.8, 4) is 5.69 Å². The molecule has 0 radical (unpaired) electrons. The number of hydrogen-bond donors (Lipinski definition) is 0. The summed E-state index contributed by atoms with van der Waals surface area (Å²) in [5.74, 6) is -0.303. The highest BCUT2D eigenvalue weighted by molar-refractivity contribution is 5.73. The van der Waals surface area contributed by atoms with E-state index in [0.717, 1.165) is 22.4 Å². The Kier molecular flexibility index (Phi) is 5.03. The van der Waals surface area contributed by atoms with E-state index in [-0.39, 0.29) is 18.1 Å². The molecule has 0 fully saturated rings. The highest BCUT2D eigenvalue weighted by Gasteiger charge is 2.09. The van der Waals surface area contributed by atoms with E-state index in [4.69, 9.17) is 0 Å². The van der Waals surface area contributed by atoms with Crippen molar-refractivity contribution in [2.75, 3.05) is 0 Å². The number of allylic oxidation sites excluding steroid dienone is 3. The Morgan fingerprint density at radius 3 is 2.54 bits per heavy atom. The first-order chi connectivity index (χ1) is 12.5. The molecule has 26 heavy (non-hydrogen) atoms. The average Bonchev–Trinajstić information content (AvgIpc) is 3.00. The molecule has 0 bridgehead atoms. The van der Waals surface area contributed by atoms with Gasteiger partial charge in [0.1, 0.15) is 5.82 Å². The summed E-state index contributed by atoms with van der Waals surface area (Å²) in [6, 6.07) is 12.6. The van der Waals surface area contributed by atoms with Crippen molar-refractivity contribution in [2.45, 2.75) is 20.4 Å². The summed E-state index contributed by atoms with van der Waals surface area (Å²) >= 11 is 0. The van der Waals surface area contributed by atoms with Crippen LogP contribution in [0.15, 0.2) is 78.4 Å². The zero-order chi connectivity index (χ0) is 18.7. The van der Waals surface area contributed by atoms with E-state index in [1.807, 2.05) is 44.2 Å². The fourth-order valence-corrected chi connectivity index (χ4v) is 2.95. The number of aryl methyl sites for hydroxylation is 1. The molecule has 1 aromatic heterocycles. The number of benzene rings is 2. The minimum atomic E-state index is -0.303. The van der Waals surface area contributed by atoms with E-state index in [2.05, 4.69) is 6.58 Å². The molecule has 2 aromatic carbocycles. The Morgan fingerprint density at radius 1 is 1.15 bits per heavy atom. The van der Waals surface area contributed by atoms with Gasteiger partial charge in [-0.3, -0.25) is 9.13 Å². The lowest BCUT2D eigenvalue weighted by atomic mass is 10.1. The number of aromatic nitrogens is 2. The summed E-state index contributed by atoms with van der Waals surface area (Å²) in [5.41, 5.74) is 4.11. The normalized spacial score (nSPS) is 11.6. The lowest BCUT2D eigenvalue weighted by Gasteiger charge is -2.06. The molecule has 1 heterocycles. The summed E-state index contributed by atoms with van der Waals surface area (Å²) in [5, 5.41) is 0. The SMILES string of the molecule is C=C/C(=C\C)c1ccc(-n2ccn(Cc3cc(C)ccc3F)c2=O)cc1. The van der Waals surface area contributed by atoms with Gasteiger partial charge >= 0.3 is 5.69 Å². The van der Waals surface area contributed by atoms with Gasteiger partial charge < -0.3 is 0 Å². The monoisotopic (exact) mass is 348 g/mol. The topological polar surface area (TPSA) is 26.9 Å². The second-order valence-corrected chi connectivity index (χ2v) is 6.17. The van der Waals surface area contributed by atoms with Crippen LogP contribution in [0, 0.1) is 12.7 Å². The number of hydrogen-bond acceptors (Lipinski definition) is 1. The first kappa shape index (κ1) is 17.7. The third-order valence-electron chi connectivity index (χ3n) is 4.40. The maximum absolute atomic E-state index is 14.0. The fourth-order valence-electron chi connectivity index (χ4n) is 2.95. The van der Waals surface area contributed by atoms with Gasteiger partial charge in [-0.05, 0) is 43.2 Å². The van der Waals surface area contributed by atoms with Crippen molar-refractivity contribution >= 4 is 5.57 Å². The molecule has 0 aliphatic rings. The summed E-state index contributed by atoms with van der Waals surface area (Å²) < 4.78 is 17.0. The van der Waals surface area contributed by atoms with E-state index in [0.29, 0.717) is 5.56 Å². The minimum Gasteiger partial charge on any atom is -0.294 e. The molecule has 132 valence electrons. The third kappa shape index (κ3) is 3.45. The van der Waals surface area contributed by atoms with Crippen molar-refractivity contribution in [3.05, 3.63) is 107 Å². The maximum Gasteiger partial charge on any atom is 0.333 e. The van der Waals surface area contributed by atoms with E-state index >= 15 is 0 Å². The van der Waals surface area contributed by atoms with Gasteiger partial charge in [0.2, 0.25) is 0 Å². The van der Waals surface area contributed by atoms with Crippen molar-refractivity contribution in [3.63, 3.8) is 0 Å². The summed E-state index contributed by atoms with van der Waals surface area (Å²) in [4.78, 5) is 12.7. The highest BCUT2D eigenvalue weighted by Crippen LogP contribution is 2.17. The molecule has 3 nitrogen and oxygen atoms in total. The molecule has 0 N–H and O–H groups in total. The first-order valence-electron chi connectivity index (χ1n) is 8.46. The summed E-state index contributed by atoms with van der Waals surface area (Å²) in [6.07, 6.45) is 7.17. The van der Waals surface area contributed by atoms with Gasteiger partial charge in [-0.1, -0.05) is 48.6 Å². The Hall–Kier alpha value is -3.14. The fraction of sp³-hybridized carbons (Fsp3) is 0.136. The van der Waals surface area contributed by atoms with Crippen LogP contribution in [0.3, 0.4) is 0 Å². The molecule has 3 aromatic rings. The second-order valence-electron chi connectivity index (χ2n) is 6.17. The zero-order valence-electron chi connectivity index (χ0n) is 14.9. The molecule has 0 saturated heterocycles. The summed E-state index contributed by atoms with van der Waals surface area (Å²) in [7, 11) is 0. The van der Waals surface area contributed by atoms with Crippen LogP contribution in [0.1, 0.15) is 23.6 Å². The van der Waals surface area contributed by atoms with Gasteiger partial charge in [-0.2, -0.15) is 0 Å². The van der Waals surface area contributed by atoms with E-state index in [1.54, 1.807) is 35.2 Å². The van der Waals surface area contributed by atoms with Gasteiger partial charge in [0, 0.05) is 18.0 Å². The summed E-state index contributed by atoms with van der Waals surface area (Å²) in [6.45, 7) is 7.87. The van der Waals surface area contributed by atoms with E-state index in [9.17, 15) is 9.18 Å². The standard InChI is InChI=1S/C22H21FN2O/c1-4-17(5-2)18-7-9-20(10-8-18)25-13-12-24(22(25)26)15-19-14-16(3)6-11-21(19)23/h4-14H,1,15H2,2-3H3/b17-5+. The second kappa shape index (κ2) is 7.40. The Bertz CT molecular complexity index is 1020. The zero-order valence-corrected chi connectivity index (χ0v) is 14.9. The van der Waals surface area contributed by atoms with Crippen molar-refractivity contribution in [2.24, 2.45) is 0 Å². The molecule has 3 rings (SSSR count). The Balaban J connectivity index is 1.91. The van der Waals surface area contributed by atoms with Crippen LogP contribution >= 0.6 is 0 Å². The number of rotatable bonds is 5. The molecule has 4 heteroatoms. The lowest BCUT2D eigenvalue weighted by molar-refractivity contribution is 0.595. The van der Waals surface area contributed by atoms with Crippen LogP contribution in [0.25, 0.3) is 11.3 Å². The lowest BCUT2D eigenvalue weighted by Crippen LogP contribution is -2.23. The van der Waals surface area contributed by atoms with Crippen molar-refractivity contribution < 1.29 is 4.39 Å². The van der Waals surface area contributed by atoms with Crippen molar-refractivity contribution in [1.29, 1.82) is 0 Å². The van der Waals surface area contributed by atoms with Crippen LogP contribution in [-0.4, -0.2) is 9.13 Å². The molecular formula is C22H21FN2O. The number of imidazole rings is 1. The largest absolute Gasteiger partial charge is 0.333 e. The van der Waals surface area contributed by atoms with Crippen molar-refractivity contribution in [1.82, 2.24) is 9.13 Å². The van der Waals surface area contributed by atoms with Crippen LogP contribution in [-0.2, 0) is 6.54 Å². The average molecular weight is 348 g/mol. The van der Waals surface area contributed by atoms with E-state index in [1.165, 1.54) is 10.6 Å². The van der Waals surface area contributed by atoms with Gasteiger partial charge in [-0.15, -0.1) is 0 Å². The molecule has 0 unspecified atom stereocenters. The molecule has 0 aliphatic heterocycles. The van der Waals surface area contributed by atoms with Gasteiger partial charge in [0.25, 0.3) is 0 Å². The van der Waals surface area contributed by atoms with Gasteiger partial charge in [0.05, 0.1) is 12.2 Å². The van der Waals surface area contributed by atoms with E-state index < -0.39 is 0 Å². The van der Waals surface area contributed by atoms with Gasteiger partial charge in [0.15, 0.2) is 0 Å². The molecule has 0 atom stereocenters. The minimum absolute atomic E-state index is 0.200. The molecule has 0 amide bonds. The van der Waals surface area contributed by atoms with Crippen LogP contribution in [0.2, 0.25) is 0 Å². The van der Waals surface area contributed by atoms with Crippen LogP contribution in [0.4, 0.5) is 4.39 Å². The quantitative estimate of drug-likeness (QED) is 0.613. The maximum atomic E-state index is 14.0. The predicted molar refractivity (Wildman–Crippen MR) is 104 cm³/mol. The molecule has 0 spiro atoms. The predicted octanol–water partition coefficient (Wildman–Crippen LogP) is 4.72. The van der Waals surface area contributed by atoms with Crippen LogP contribution in [0.5, 0.6) is 0 Å². The Labute approximate surface area is 152 Å². The first-order valence-corrected chi connectivity index (χ1v) is 8.46. The van der Waals surface area contributed by atoms with Gasteiger partial charge in [-0.25, -0.2) is 9.18 Å². The third-order valence-corrected chi connectivity index (χ3v) is 4.40. The molecule has 0 aliphatic carbocycles.